The predicted molar refractivity (Wildman–Crippen MR) is 309 cm³/mol. The molecule has 2 amide bonds. The van der Waals surface area contributed by atoms with Crippen molar-refractivity contribution in [1.82, 2.24) is 0 Å². The summed E-state index contributed by atoms with van der Waals surface area (Å²) in [6.45, 7) is 27.8. The molecule has 31 heteroatoms. The average molecular weight is 1330 g/mol. The van der Waals surface area contributed by atoms with Crippen molar-refractivity contribution in [3.05, 3.63) is 122 Å². The van der Waals surface area contributed by atoms with Gasteiger partial charge in [0.1, 0.15) is 19.0 Å². The maximum Gasteiger partial charge on any atom is 0.697 e. The summed E-state index contributed by atoms with van der Waals surface area (Å²) in [7, 11) is -11.0. The molecule has 0 fully saturated rings. The van der Waals surface area contributed by atoms with Crippen LogP contribution in [0.1, 0.15) is 48.5 Å². The van der Waals surface area contributed by atoms with Gasteiger partial charge in [-0.25, -0.2) is 0 Å². The van der Waals surface area contributed by atoms with Crippen molar-refractivity contribution < 1.29 is 94.6 Å². The number of aromatic hydroxyl groups is 1. The molecule has 4 aromatic rings. The van der Waals surface area contributed by atoms with Gasteiger partial charge < -0.3 is 24.8 Å². The van der Waals surface area contributed by atoms with E-state index in [1.807, 2.05) is 5.32 Å². The number of phenols is 1. The van der Waals surface area contributed by atoms with Crippen LogP contribution in [0.5, 0.6) is 5.75 Å². The molecule has 0 aliphatic heterocycles. The van der Waals surface area contributed by atoms with Crippen molar-refractivity contribution >= 4 is 94.5 Å². The van der Waals surface area contributed by atoms with E-state index in [4.69, 9.17) is 41.3 Å². The lowest BCUT2D eigenvalue weighted by molar-refractivity contribution is -0.144. The molecule has 460 valence electrons. The van der Waals surface area contributed by atoms with Gasteiger partial charge in [-0.05, 0) is 96.5 Å². The Hall–Kier alpha value is -3.60. The highest BCUT2D eigenvalue weighted by Gasteiger charge is 2.39. The third kappa shape index (κ3) is 29.5. The lowest BCUT2D eigenvalue weighted by atomic mass is 10.1. The largest absolute Gasteiger partial charge is 0.697 e. The van der Waals surface area contributed by atoms with Crippen molar-refractivity contribution in [2.24, 2.45) is 0 Å². The Labute approximate surface area is 485 Å². The molecule has 4 aromatic carbocycles. The van der Waals surface area contributed by atoms with Crippen LogP contribution in [0.15, 0.2) is 72.8 Å². The van der Waals surface area contributed by atoms with E-state index in [0.29, 0.717) is 49.6 Å². The number of phenolic OH excluding ortho intramolecular Hbond substituents is 1. The van der Waals surface area contributed by atoms with E-state index in [0.717, 1.165) is 24.2 Å². The monoisotopic (exact) mass is 1330 g/mol. The van der Waals surface area contributed by atoms with Gasteiger partial charge in [-0.1, -0.05) is 108 Å². The summed E-state index contributed by atoms with van der Waals surface area (Å²) in [6.07, 6.45) is -20.6. The number of rotatable bonds is 22. The molecule has 0 radical (unpaired) electrons. The van der Waals surface area contributed by atoms with Crippen LogP contribution in [0, 0.1) is 0 Å². The lowest BCUT2D eigenvalue weighted by Crippen LogP contribution is -2.23. The third-order valence-corrected chi connectivity index (χ3v) is 20.9. The van der Waals surface area contributed by atoms with Crippen LogP contribution >= 0.6 is 39.1 Å². The van der Waals surface area contributed by atoms with E-state index in [-0.39, 0.29) is 52.7 Å². The highest BCUT2D eigenvalue weighted by atomic mass is 35.5. The number of alkyl halides is 12. The number of nitrogens with one attached hydrogen (secondary N) is 2. The van der Waals surface area contributed by atoms with Crippen molar-refractivity contribution in [1.29, 1.82) is 0 Å². The van der Waals surface area contributed by atoms with Gasteiger partial charge in [0.2, 0.25) is 0 Å². The molecule has 0 aliphatic carbocycles. The first-order chi connectivity index (χ1) is 36.9. The standard InChI is InChI=1S/C26H35ClF6NO4PSi2.C15H8ClF6NO2.C10H26O3PSi2/c1-40(2,3)11-9-37-39(36,38-10-12-41(4,5)6)17-18-7-8-21(27)16-23(18)24(35)34-22-14-19(25(28,29)30)13-20(15-22)26(31,32)33;16-9-1-2-12(24)11(6-9)13(25)23-10-4-7(14(17,18)19)3-8(5-10)15(20,21)22;1-15(2,3)9-7-12-14(11)13-8-10-16(4,5)6/h7-8,13-16H,9-12,17H2,1-6H3,(H,34,35);1-6,24H,(H,23,25);7-10H2,1-6H3/q;;+1. The minimum atomic E-state index is -5.09. The molecule has 0 atom stereocenters. The van der Waals surface area contributed by atoms with Gasteiger partial charge in [0.15, 0.2) is 0 Å². The highest BCUT2D eigenvalue weighted by molar-refractivity contribution is 7.53. The van der Waals surface area contributed by atoms with Crippen molar-refractivity contribution in [3.8, 4) is 5.75 Å². The Kier molecular flexibility index (Phi) is 27.4. The summed E-state index contributed by atoms with van der Waals surface area (Å²) >= 11 is 11.7. The quantitative estimate of drug-likeness (QED) is 0.0397. The molecule has 0 saturated carbocycles. The fourth-order valence-corrected chi connectivity index (χ4v) is 12.4. The Morgan fingerprint density at radius 2 is 0.805 bits per heavy atom. The van der Waals surface area contributed by atoms with E-state index in [1.165, 1.54) is 24.3 Å². The van der Waals surface area contributed by atoms with Crippen LogP contribution in [-0.4, -0.2) is 75.6 Å². The summed E-state index contributed by atoms with van der Waals surface area (Å²) in [6, 6.07) is 12.2. The zero-order valence-electron chi connectivity index (χ0n) is 47.2. The zero-order valence-corrected chi connectivity index (χ0v) is 54.5. The van der Waals surface area contributed by atoms with E-state index >= 15 is 0 Å². The SMILES string of the molecule is C[Si](C)(C)CCOP(=O)(Cc1ccc(Cl)cc1C(=O)Nc1cc(C(F)(F)F)cc(C(F)(F)F)c1)OCC[Si](C)(C)C.C[Si](C)(C)CCO[P+](=O)OCC[Si](C)(C)C.O=C(Nc1cc(C(F)(F)F)cc(C(F)(F)F)c1)c1cc(Cl)ccc1O. The van der Waals surface area contributed by atoms with Crippen molar-refractivity contribution in [3.63, 3.8) is 0 Å². The first kappa shape index (κ1) is 74.5. The summed E-state index contributed by atoms with van der Waals surface area (Å²) in [5, 5.41) is 13.7. The van der Waals surface area contributed by atoms with E-state index in [2.05, 4.69) is 83.9 Å². The maximum atomic E-state index is 13.9. The second-order valence-electron chi connectivity index (χ2n) is 23.5. The molecular weight excluding hydrogens is 1260 g/mol. The minimum absolute atomic E-state index is 0.0354. The molecule has 0 unspecified atom stereocenters. The number of hydrogen-bond acceptors (Lipinski definition) is 9. The van der Waals surface area contributed by atoms with Gasteiger partial charge in [0.05, 0.1) is 47.2 Å². The first-order valence-electron chi connectivity index (χ1n) is 25.1. The van der Waals surface area contributed by atoms with E-state index < -0.39 is 130 Å². The smallest absolute Gasteiger partial charge is 0.507 e. The number of amides is 2. The van der Waals surface area contributed by atoms with Crippen LogP contribution in [0.25, 0.3) is 0 Å². The Morgan fingerprint density at radius 3 is 1.13 bits per heavy atom. The van der Waals surface area contributed by atoms with Crippen LogP contribution in [0.3, 0.4) is 0 Å². The second kappa shape index (κ2) is 30.2. The topological polar surface area (TPSA) is 149 Å². The fraction of sp³-hybridized carbons (Fsp3) is 0.490. The Balaban J connectivity index is 0.000000472. The van der Waals surface area contributed by atoms with Gasteiger partial charge in [0, 0.05) is 63.8 Å². The maximum absolute atomic E-state index is 13.9. The van der Waals surface area contributed by atoms with Crippen LogP contribution < -0.4 is 10.6 Å². The second-order valence-corrected chi connectivity index (χ2v) is 49.9. The predicted octanol–water partition coefficient (Wildman–Crippen LogP) is 19.7. The first-order valence-corrected chi connectivity index (χ1v) is 43.5. The molecule has 0 saturated heterocycles. The molecule has 11 nitrogen and oxygen atoms in total. The molecule has 0 aromatic heterocycles. The summed E-state index contributed by atoms with van der Waals surface area (Å²) in [5.74, 6) is -2.69. The van der Waals surface area contributed by atoms with Gasteiger partial charge in [-0.3, -0.25) is 14.2 Å². The summed E-state index contributed by atoms with van der Waals surface area (Å²) < 4.78 is 204. The summed E-state index contributed by atoms with van der Waals surface area (Å²) in [4.78, 5) is 25.2. The molecule has 0 spiro atoms. The Bertz CT molecular complexity index is 2750. The van der Waals surface area contributed by atoms with Crippen LogP contribution in [0.2, 0.25) is 113 Å². The number of carbonyl (C=O) groups is 2. The molecule has 3 N–H and O–H groups in total. The third-order valence-electron chi connectivity index (χ3n) is 11.0. The van der Waals surface area contributed by atoms with Gasteiger partial charge >= 0.3 is 40.6 Å². The van der Waals surface area contributed by atoms with E-state index in [1.54, 1.807) is 0 Å². The molecule has 4 rings (SSSR count). The van der Waals surface area contributed by atoms with Crippen molar-refractivity contribution in [2.75, 3.05) is 37.1 Å². The zero-order chi connectivity index (χ0) is 63.3. The number of hydrogen-bond donors (Lipinski definition) is 3. The normalized spacial score (nSPS) is 12.9. The molecule has 0 heterocycles. The molecule has 82 heavy (non-hydrogen) atoms. The number of halogens is 14. The fourth-order valence-electron chi connectivity index (χ4n) is 6.25. The van der Waals surface area contributed by atoms with Gasteiger partial charge in [-0.15, -0.1) is 9.05 Å². The number of anilines is 2. The van der Waals surface area contributed by atoms with Crippen molar-refractivity contribution in [2.45, 2.75) is 134 Å². The summed E-state index contributed by atoms with van der Waals surface area (Å²) in [5.41, 5.74) is -8.20. The van der Waals surface area contributed by atoms with Gasteiger partial charge in [0.25, 0.3) is 11.8 Å². The number of benzene rings is 4. The molecule has 0 aliphatic rings. The number of carbonyl (C=O) groups excluding carboxylic acids is 2. The Morgan fingerprint density at radius 1 is 0.500 bits per heavy atom. The molecule has 0 bridgehead atoms. The lowest BCUT2D eigenvalue weighted by Gasteiger charge is -2.24. The minimum Gasteiger partial charge on any atom is -0.507 e. The van der Waals surface area contributed by atoms with Gasteiger partial charge in [-0.2, -0.15) is 52.7 Å². The highest BCUT2D eigenvalue weighted by Crippen LogP contribution is 2.53. The van der Waals surface area contributed by atoms with Crippen LogP contribution in [-0.2, 0) is 58.1 Å². The average Bonchev–Trinajstić information content (AvgIpc) is 3.27. The molecular formula is C51H69Cl2F12N2O9P2Si4+. The van der Waals surface area contributed by atoms with E-state index in [9.17, 15) is 76.5 Å². The van der Waals surface area contributed by atoms with Crippen LogP contribution in [0.4, 0.5) is 64.1 Å².